The number of carbonyl (C=O) groups excluding carboxylic acids is 2. The van der Waals surface area contributed by atoms with Gasteiger partial charge in [-0.25, -0.2) is 9.59 Å². The van der Waals surface area contributed by atoms with E-state index in [2.05, 4.69) is 29.6 Å². The molecule has 2 atom stereocenters. The van der Waals surface area contributed by atoms with E-state index in [1.807, 2.05) is 31.2 Å². The van der Waals surface area contributed by atoms with Gasteiger partial charge in [0.25, 0.3) is 0 Å². The van der Waals surface area contributed by atoms with Gasteiger partial charge >= 0.3 is 12.1 Å². The molecule has 174 valence electrons. The number of carboxylic acids is 1. The number of nitrogens with zero attached hydrogens (tertiary/aromatic N) is 1. The summed E-state index contributed by atoms with van der Waals surface area (Å²) in [4.78, 5) is 37.2. The molecule has 1 saturated heterocycles. The molecule has 33 heavy (non-hydrogen) atoms. The molecule has 2 amide bonds. The topological polar surface area (TPSA) is 116 Å². The molecule has 0 aromatic heterocycles. The molecule has 1 heterocycles. The monoisotopic (exact) mass is 452 g/mol. The van der Waals surface area contributed by atoms with Gasteiger partial charge in [-0.2, -0.15) is 0 Å². The highest BCUT2D eigenvalue weighted by molar-refractivity contribution is 5.82. The molecular weight excluding hydrogens is 424 g/mol. The van der Waals surface area contributed by atoms with Crippen molar-refractivity contribution in [3.63, 3.8) is 0 Å². The van der Waals surface area contributed by atoms with Crippen molar-refractivity contribution in [3.05, 3.63) is 59.7 Å². The fourth-order valence-electron chi connectivity index (χ4n) is 4.59. The quantitative estimate of drug-likeness (QED) is 0.595. The predicted molar refractivity (Wildman–Crippen MR) is 121 cm³/mol. The number of hydrogen-bond donors (Lipinski definition) is 3. The summed E-state index contributed by atoms with van der Waals surface area (Å²) in [5, 5.41) is 21.8. The van der Waals surface area contributed by atoms with Crippen LogP contribution in [0.3, 0.4) is 0 Å². The van der Waals surface area contributed by atoms with Crippen molar-refractivity contribution in [2.45, 2.75) is 31.3 Å². The molecule has 2 aromatic rings. The Kier molecular flexibility index (Phi) is 6.37. The summed E-state index contributed by atoms with van der Waals surface area (Å²) < 4.78 is 5.50. The minimum atomic E-state index is -1.88. The Morgan fingerprint density at radius 3 is 2.30 bits per heavy atom. The Hall–Kier alpha value is -3.39. The number of aliphatic carboxylic acids is 1. The largest absolute Gasteiger partial charge is 0.479 e. The van der Waals surface area contributed by atoms with Crippen LogP contribution in [0.1, 0.15) is 36.8 Å². The van der Waals surface area contributed by atoms with Gasteiger partial charge < -0.3 is 25.2 Å². The van der Waals surface area contributed by atoms with Crippen molar-refractivity contribution in [2.24, 2.45) is 5.92 Å². The Morgan fingerprint density at radius 1 is 1.12 bits per heavy atom. The van der Waals surface area contributed by atoms with Gasteiger partial charge in [0.05, 0.1) is 6.54 Å². The van der Waals surface area contributed by atoms with Crippen LogP contribution in [0.4, 0.5) is 4.79 Å². The summed E-state index contributed by atoms with van der Waals surface area (Å²) in [5.41, 5.74) is 2.71. The second kappa shape index (κ2) is 9.23. The van der Waals surface area contributed by atoms with Gasteiger partial charge in [0, 0.05) is 31.8 Å². The summed E-state index contributed by atoms with van der Waals surface area (Å²) >= 11 is 0. The summed E-state index contributed by atoms with van der Waals surface area (Å²) in [6.07, 6.45) is -0.391. The lowest BCUT2D eigenvalue weighted by Gasteiger charge is -2.21. The number of β-amino-alcohol motifs (C(OH)–C–C–N with tert-alkyl or cyclic N) is 1. The Morgan fingerprint density at radius 2 is 1.73 bits per heavy atom. The minimum Gasteiger partial charge on any atom is -0.479 e. The summed E-state index contributed by atoms with van der Waals surface area (Å²) in [7, 11) is 0. The number of hydrogen-bond acceptors (Lipinski definition) is 5. The first-order valence-corrected chi connectivity index (χ1v) is 11.1. The number of alkyl carbamates (subject to hydrolysis) is 1. The lowest BCUT2D eigenvalue weighted by molar-refractivity contribution is -0.157. The molecular formula is C25H28N2O6. The van der Waals surface area contributed by atoms with Crippen molar-refractivity contribution in [2.75, 3.05) is 26.2 Å². The standard InChI is InChI=1S/C25H28N2O6/c1-16(12-22(28)27-11-10-25(32,15-27)23(29)30)13-26-24(31)33-14-21-19-8-4-2-6-17(19)18-7-3-5-9-20(18)21/h2-9,16,21,32H,10-15H2,1H3,(H,26,31)(H,29,30). The maximum absolute atomic E-state index is 12.4. The van der Waals surface area contributed by atoms with Crippen LogP contribution in [-0.4, -0.2) is 64.9 Å². The van der Waals surface area contributed by atoms with Crippen molar-refractivity contribution < 1.29 is 29.3 Å². The van der Waals surface area contributed by atoms with E-state index < -0.39 is 17.7 Å². The van der Waals surface area contributed by atoms with E-state index in [4.69, 9.17) is 9.84 Å². The fraction of sp³-hybridized carbons (Fsp3) is 0.400. The summed E-state index contributed by atoms with van der Waals surface area (Å²) in [5.74, 6) is -1.75. The van der Waals surface area contributed by atoms with Crippen LogP contribution in [0.5, 0.6) is 0 Å². The molecule has 1 aliphatic carbocycles. The van der Waals surface area contributed by atoms with Crippen LogP contribution in [0.25, 0.3) is 11.1 Å². The molecule has 8 nitrogen and oxygen atoms in total. The number of carboxylic acid groups (broad SMARTS) is 1. The maximum Gasteiger partial charge on any atom is 0.407 e. The Balaban J connectivity index is 1.25. The number of likely N-dealkylation sites (tertiary alicyclic amines) is 1. The second-order valence-corrected chi connectivity index (χ2v) is 8.92. The molecule has 1 aliphatic heterocycles. The number of ether oxygens (including phenoxy) is 1. The molecule has 0 bridgehead atoms. The molecule has 1 fully saturated rings. The van der Waals surface area contributed by atoms with Crippen LogP contribution in [0.15, 0.2) is 48.5 Å². The number of nitrogens with one attached hydrogen (secondary N) is 1. The zero-order valence-electron chi connectivity index (χ0n) is 18.5. The van der Waals surface area contributed by atoms with E-state index in [0.29, 0.717) is 0 Å². The third kappa shape index (κ3) is 4.71. The molecule has 4 rings (SSSR count). The third-order valence-electron chi connectivity index (χ3n) is 6.46. The molecule has 8 heteroatoms. The van der Waals surface area contributed by atoms with Gasteiger partial charge in [0.2, 0.25) is 5.91 Å². The number of aliphatic hydroxyl groups is 1. The molecule has 3 N–H and O–H groups in total. The first-order chi connectivity index (χ1) is 15.8. The highest BCUT2D eigenvalue weighted by atomic mass is 16.5. The van der Waals surface area contributed by atoms with E-state index >= 15 is 0 Å². The van der Waals surface area contributed by atoms with Crippen molar-refractivity contribution in [1.82, 2.24) is 10.2 Å². The zero-order valence-corrected chi connectivity index (χ0v) is 18.5. The van der Waals surface area contributed by atoms with Gasteiger partial charge in [0.15, 0.2) is 5.60 Å². The average Bonchev–Trinajstić information content (AvgIpc) is 3.36. The SMILES string of the molecule is CC(CNC(=O)OCC1c2ccccc2-c2ccccc21)CC(=O)N1CCC(O)(C(=O)O)C1. The highest BCUT2D eigenvalue weighted by Gasteiger charge is 2.44. The number of fused-ring (bicyclic) bond motifs is 3. The van der Waals surface area contributed by atoms with Crippen molar-refractivity contribution in [1.29, 1.82) is 0 Å². The highest BCUT2D eigenvalue weighted by Crippen LogP contribution is 2.44. The maximum atomic E-state index is 12.4. The smallest absolute Gasteiger partial charge is 0.407 e. The molecule has 2 aromatic carbocycles. The van der Waals surface area contributed by atoms with Crippen LogP contribution in [0, 0.1) is 5.92 Å². The van der Waals surface area contributed by atoms with Crippen LogP contribution in [0.2, 0.25) is 0 Å². The van der Waals surface area contributed by atoms with E-state index in [1.54, 1.807) is 0 Å². The number of carbonyl (C=O) groups is 3. The number of rotatable bonds is 7. The lowest BCUT2D eigenvalue weighted by Crippen LogP contribution is -2.43. The second-order valence-electron chi connectivity index (χ2n) is 8.92. The first-order valence-electron chi connectivity index (χ1n) is 11.1. The average molecular weight is 453 g/mol. The summed E-state index contributed by atoms with van der Waals surface area (Å²) in [6, 6.07) is 16.2. The molecule has 0 radical (unpaired) electrons. The molecule has 2 unspecified atom stereocenters. The number of benzene rings is 2. The lowest BCUT2D eigenvalue weighted by atomic mass is 9.98. The first kappa shape index (κ1) is 22.8. The van der Waals surface area contributed by atoms with Crippen LogP contribution >= 0.6 is 0 Å². The van der Waals surface area contributed by atoms with Gasteiger partial charge in [-0.15, -0.1) is 0 Å². The fourth-order valence-corrected chi connectivity index (χ4v) is 4.59. The van der Waals surface area contributed by atoms with Gasteiger partial charge in [-0.1, -0.05) is 55.5 Å². The predicted octanol–water partition coefficient (Wildman–Crippen LogP) is 2.60. The van der Waals surface area contributed by atoms with Crippen molar-refractivity contribution in [3.8, 4) is 11.1 Å². The van der Waals surface area contributed by atoms with E-state index in [-0.39, 0.29) is 56.8 Å². The normalized spacial score (nSPS) is 20.1. The van der Waals surface area contributed by atoms with Crippen molar-refractivity contribution >= 4 is 18.0 Å². The van der Waals surface area contributed by atoms with E-state index in [9.17, 15) is 19.5 Å². The van der Waals surface area contributed by atoms with Gasteiger partial charge in [0.1, 0.15) is 6.61 Å². The zero-order chi connectivity index (χ0) is 23.6. The number of amides is 2. The minimum absolute atomic E-state index is 0.0143. The van der Waals surface area contributed by atoms with E-state index in [1.165, 1.54) is 4.90 Å². The van der Waals surface area contributed by atoms with Crippen LogP contribution in [-0.2, 0) is 14.3 Å². The Bertz CT molecular complexity index is 1020. The van der Waals surface area contributed by atoms with Crippen LogP contribution < -0.4 is 5.32 Å². The van der Waals surface area contributed by atoms with Gasteiger partial charge in [-0.05, 0) is 28.2 Å². The molecule has 2 aliphatic rings. The summed E-state index contributed by atoms with van der Waals surface area (Å²) in [6.45, 7) is 2.27. The molecule has 0 saturated carbocycles. The third-order valence-corrected chi connectivity index (χ3v) is 6.46. The Labute approximate surface area is 192 Å². The van der Waals surface area contributed by atoms with Gasteiger partial charge in [-0.3, -0.25) is 4.79 Å². The van der Waals surface area contributed by atoms with E-state index in [0.717, 1.165) is 22.3 Å². The molecule has 0 spiro atoms.